The van der Waals surface area contributed by atoms with Crippen molar-refractivity contribution in [3.05, 3.63) is 23.2 Å². The average molecular weight is 204 g/mol. The van der Waals surface area contributed by atoms with Crippen LogP contribution in [-0.2, 0) is 0 Å². The van der Waals surface area contributed by atoms with Crippen LogP contribution in [0.2, 0.25) is 5.02 Å². The molecular formula is C9H11ClFNO. The fraction of sp³-hybridized carbons (Fsp3) is 0.333. The highest BCUT2D eigenvalue weighted by atomic mass is 35.5. The predicted molar refractivity (Wildman–Crippen MR) is 52.0 cm³/mol. The first-order valence-corrected chi connectivity index (χ1v) is 4.35. The molecule has 1 rings (SSSR count). The summed E-state index contributed by atoms with van der Waals surface area (Å²) in [4.78, 5) is 0. The van der Waals surface area contributed by atoms with Crippen LogP contribution in [0.1, 0.15) is 6.42 Å². The summed E-state index contributed by atoms with van der Waals surface area (Å²) >= 11 is 5.81. The Morgan fingerprint density at radius 1 is 1.46 bits per heavy atom. The smallest absolute Gasteiger partial charge is 0.138 e. The van der Waals surface area contributed by atoms with Gasteiger partial charge in [0.1, 0.15) is 5.75 Å². The second-order valence-electron chi connectivity index (χ2n) is 2.58. The van der Waals surface area contributed by atoms with Crippen molar-refractivity contribution < 1.29 is 9.13 Å². The zero-order chi connectivity index (χ0) is 9.68. The van der Waals surface area contributed by atoms with Gasteiger partial charge in [0.15, 0.2) is 0 Å². The molecule has 0 spiro atoms. The van der Waals surface area contributed by atoms with Gasteiger partial charge in [-0.2, -0.15) is 0 Å². The molecule has 72 valence electrons. The maximum atomic E-state index is 11.7. The van der Waals surface area contributed by atoms with Gasteiger partial charge >= 0.3 is 0 Å². The summed E-state index contributed by atoms with van der Waals surface area (Å²) in [5.41, 5.74) is 6.07. The average Bonchev–Trinajstić information content (AvgIpc) is 2.09. The largest absolute Gasteiger partial charge is 0.492 e. The van der Waals surface area contributed by atoms with Crippen molar-refractivity contribution in [2.45, 2.75) is 6.42 Å². The summed E-state index contributed by atoms with van der Waals surface area (Å²) < 4.78 is 16.9. The minimum Gasteiger partial charge on any atom is -0.492 e. The first kappa shape index (κ1) is 10.1. The molecule has 0 saturated heterocycles. The molecule has 2 N–H and O–H groups in total. The third-order valence-corrected chi connectivity index (χ3v) is 1.79. The van der Waals surface area contributed by atoms with Crippen LogP contribution in [-0.4, -0.2) is 13.3 Å². The maximum absolute atomic E-state index is 11.7. The Labute approximate surface area is 81.4 Å². The van der Waals surface area contributed by atoms with Gasteiger partial charge in [0.2, 0.25) is 0 Å². The van der Waals surface area contributed by atoms with Crippen LogP contribution in [0.5, 0.6) is 5.75 Å². The van der Waals surface area contributed by atoms with Gasteiger partial charge in [-0.1, -0.05) is 11.6 Å². The van der Waals surface area contributed by atoms with Crippen molar-refractivity contribution in [1.29, 1.82) is 0 Å². The van der Waals surface area contributed by atoms with Crippen LogP contribution in [0.25, 0.3) is 0 Å². The van der Waals surface area contributed by atoms with Crippen LogP contribution >= 0.6 is 11.6 Å². The van der Waals surface area contributed by atoms with Gasteiger partial charge in [-0.05, 0) is 18.2 Å². The summed E-state index contributed by atoms with van der Waals surface area (Å²) in [7, 11) is 0. The number of halogens is 2. The van der Waals surface area contributed by atoms with E-state index in [-0.39, 0.29) is 6.67 Å². The number of hydrogen-bond donors (Lipinski definition) is 1. The molecule has 0 atom stereocenters. The Morgan fingerprint density at radius 3 is 2.85 bits per heavy atom. The topological polar surface area (TPSA) is 35.2 Å². The Bertz CT molecular complexity index is 280. The molecule has 0 heterocycles. The van der Waals surface area contributed by atoms with E-state index in [4.69, 9.17) is 22.1 Å². The number of hydrogen-bond acceptors (Lipinski definition) is 2. The lowest BCUT2D eigenvalue weighted by atomic mass is 10.3. The molecular weight excluding hydrogens is 193 g/mol. The molecule has 0 radical (unpaired) electrons. The Hall–Kier alpha value is -0.960. The molecule has 2 nitrogen and oxygen atoms in total. The highest BCUT2D eigenvalue weighted by Gasteiger charge is 2.00. The van der Waals surface area contributed by atoms with Crippen LogP contribution in [0, 0.1) is 0 Å². The maximum Gasteiger partial charge on any atom is 0.138 e. The summed E-state index contributed by atoms with van der Waals surface area (Å²) in [6.45, 7) is -0.0489. The quantitative estimate of drug-likeness (QED) is 0.603. The first-order chi connectivity index (χ1) is 6.24. The molecule has 0 aliphatic carbocycles. The lowest BCUT2D eigenvalue weighted by Crippen LogP contribution is -1.98. The van der Waals surface area contributed by atoms with E-state index in [1.165, 1.54) is 0 Å². The van der Waals surface area contributed by atoms with Crippen LogP contribution in [0.3, 0.4) is 0 Å². The summed E-state index contributed by atoms with van der Waals surface area (Å²) in [5.74, 6) is 0.546. The summed E-state index contributed by atoms with van der Waals surface area (Å²) in [6, 6.07) is 4.97. The van der Waals surface area contributed by atoms with E-state index in [9.17, 15) is 4.39 Å². The highest BCUT2D eigenvalue weighted by molar-refractivity contribution is 6.32. The number of nitrogen functional groups attached to an aromatic ring is 1. The zero-order valence-electron chi connectivity index (χ0n) is 7.09. The van der Waals surface area contributed by atoms with Gasteiger partial charge in [0.05, 0.1) is 18.3 Å². The number of rotatable bonds is 4. The molecule has 13 heavy (non-hydrogen) atoms. The van der Waals surface area contributed by atoms with Crippen LogP contribution < -0.4 is 10.5 Å². The fourth-order valence-electron chi connectivity index (χ4n) is 0.871. The van der Waals surface area contributed by atoms with Crippen LogP contribution in [0.4, 0.5) is 10.1 Å². The number of ether oxygens (including phenoxy) is 1. The second kappa shape index (κ2) is 4.92. The molecule has 0 unspecified atom stereocenters. The molecule has 1 aromatic rings. The number of alkyl halides is 1. The monoisotopic (exact) mass is 203 g/mol. The Morgan fingerprint density at radius 2 is 2.23 bits per heavy atom. The normalized spacial score (nSPS) is 10.0. The molecule has 0 aliphatic rings. The molecule has 0 aliphatic heterocycles. The van der Waals surface area contributed by atoms with E-state index in [1.807, 2.05) is 0 Å². The van der Waals surface area contributed by atoms with Gasteiger partial charge in [-0.3, -0.25) is 4.39 Å². The molecule has 0 aromatic heterocycles. The third kappa shape index (κ3) is 3.11. The standard InChI is InChI=1S/C9H11ClFNO/c10-8-6-7(12)2-3-9(8)13-5-1-4-11/h2-3,6H,1,4-5,12H2. The molecule has 0 saturated carbocycles. The number of nitrogens with two attached hydrogens (primary N) is 1. The van der Waals surface area contributed by atoms with Crippen LogP contribution in [0.15, 0.2) is 18.2 Å². The first-order valence-electron chi connectivity index (χ1n) is 3.98. The van der Waals surface area contributed by atoms with Crippen molar-refractivity contribution in [3.8, 4) is 5.75 Å². The number of anilines is 1. The van der Waals surface area contributed by atoms with Crippen molar-refractivity contribution in [1.82, 2.24) is 0 Å². The zero-order valence-corrected chi connectivity index (χ0v) is 7.85. The van der Waals surface area contributed by atoms with Gasteiger partial charge in [0.25, 0.3) is 0 Å². The summed E-state index contributed by atoms with van der Waals surface area (Å²) in [5, 5.41) is 0.457. The molecule has 0 fully saturated rings. The van der Waals surface area contributed by atoms with E-state index in [0.717, 1.165) is 0 Å². The lowest BCUT2D eigenvalue weighted by Gasteiger charge is -2.06. The van der Waals surface area contributed by atoms with E-state index >= 15 is 0 Å². The Balaban J connectivity index is 2.56. The van der Waals surface area contributed by atoms with E-state index < -0.39 is 0 Å². The Kier molecular flexibility index (Phi) is 3.83. The SMILES string of the molecule is Nc1ccc(OCCCF)c(Cl)c1. The molecule has 0 bridgehead atoms. The van der Waals surface area contributed by atoms with Gasteiger partial charge < -0.3 is 10.5 Å². The predicted octanol–water partition coefficient (Wildman–Crippen LogP) is 2.66. The second-order valence-corrected chi connectivity index (χ2v) is 2.99. The fourth-order valence-corrected chi connectivity index (χ4v) is 1.11. The summed E-state index contributed by atoms with van der Waals surface area (Å²) in [6.07, 6.45) is 0.376. The highest BCUT2D eigenvalue weighted by Crippen LogP contribution is 2.26. The molecule has 0 amide bonds. The molecule has 4 heteroatoms. The lowest BCUT2D eigenvalue weighted by molar-refractivity contribution is 0.290. The van der Waals surface area contributed by atoms with Crippen molar-refractivity contribution in [2.75, 3.05) is 19.0 Å². The van der Waals surface area contributed by atoms with E-state index in [0.29, 0.717) is 29.5 Å². The van der Waals surface area contributed by atoms with E-state index in [2.05, 4.69) is 0 Å². The minimum atomic E-state index is -0.382. The number of benzene rings is 1. The van der Waals surface area contributed by atoms with E-state index in [1.54, 1.807) is 18.2 Å². The van der Waals surface area contributed by atoms with Gasteiger partial charge in [-0.25, -0.2) is 0 Å². The van der Waals surface area contributed by atoms with Crippen molar-refractivity contribution >= 4 is 17.3 Å². The van der Waals surface area contributed by atoms with Crippen molar-refractivity contribution in [3.63, 3.8) is 0 Å². The van der Waals surface area contributed by atoms with Crippen molar-refractivity contribution in [2.24, 2.45) is 0 Å². The minimum absolute atomic E-state index is 0.333. The molecule has 1 aromatic carbocycles. The van der Waals surface area contributed by atoms with Gasteiger partial charge in [-0.15, -0.1) is 0 Å². The van der Waals surface area contributed by atoms with Gasteiger partial charge in [0, 0.05) is 12.1 Å². The third-order valence-electron chi connectivity index (χ3n) is 1.49.